The highest BCUT2D eigenvalue weighted by atomic mass is 32.2. The Morgan fingerprint density at radius 1 is 0.938 bits per heavy atom. The van der Waals surface area contributed by atoms with E-state index in [9.17, 15) is 13.2 Å². The highest BCUT2D eigenvalue weighted by Crippen LogP contribution is 2.33. The van der Waals surface area contributed by atoms with E-state index >= 15 is 0 Å². The Morgan fingerprint density at radius 2 is 1.56 bits per heavy atom. The first-order valence-corrected chi connectivity index (χ1v) is 11.9. The normalized spacial score (nSPS) is 12.5. The molecule has 0 bridgehead atoms. The van der Waals surface area contributed by atoms with Gasteiger partial charge in [-0.3, -0.25) is 0 Å². The van der Waals surface area contributed by atoms with E-state index in [1.165, 1.54) is 16.4 Å². The van der Waals surface area contributed by atoms with Crippen molar-refractivity contribution in [1.29, 1.82) is 0 Å². The first-order valence-electron chi connectivity index (χ1n) is 10.5. The average molecular weight is 454 g/mol. The zero-order valence-corrected chi connectivity index (χ0v) is 19.0. The maximum absolute atomic E-state index is 13.7. The summed E-state index contributed by atoms with van der Waals surface area (Å²) in [7, 11) is -3.82. The van der Waals surface area contributed by atoms with E-state index in [1.54, 1.807) is 42.5 Å². The monoisotopic (exact) mass is 453 g/mol. The lowest BCUT2D eigenvalue weighted by Crippen LogP contribution is -2.34. The van der Waals surface area contributed by atoms with Gasteiger partial charge in [0.2, 0.25) is 10.0 Å². The highest BCUT2D eigenvalue weighted by Gasteiger charge is 2.31. The van der Waals surface area contributed by atoms with Crippen LogP contribution in [-0.4, -0.2) is 30.4 Å². The third kappa shape index (κ3) is 5.36. The number of carboxylic acids is 1. The fourth-order valence-electron chi connectivity index (χ4n) is 3.58. The van der Waals surface area contributed by atoms with Gasteiger partial charge in [-0.15, -0.1) is 0 Å². The second-order valence-electron chi connectivity index (χ2n) is 7.29. The molecule has 168 valence electrons. The van der Waals surface area contributed by atoms with Crippen molar-refractivity contribution in [2.75, 3.05) is 6.61 Å². The van der Waals surface area contributed by atoms with E-state index in [0.29, 0.717) is 18.6 Å². The molecule has 1 atom stereocenters. The number of carboxylic acid groups (broad SMARTS) is 1. The molecule has 0 saturated heterocycles. The van der Waals surface area contributed by atoms with Crippen LogP contribution < -0.4 is 4.74 Å². The standard InChI is InChI=1S/C25H27NO5S/c1-3-24(20-14-16-22(17-15-20)31-4-2)26(32(29,30)23-8-6-5-7-9-23)18-19-10-12-21(13-11-19)25(27)28/h5-17,24H,3-4,18H2,1-2H3,(H,27,28). The number of aromatic carboxylic acids is 1. The maximum atomic E-state index is 13.7. The fourth-order valence-corrected chi connectivity index (χ4v) is 5.28. The second kappa shape index (κ2) is 10.4. The summed E-state index contributed by atoms with van der Waals surface area (Å²) >= 11 is 0. The van der Waals surface area contributed by atoms with Gasteiger partial charge in [-0.05, 0) is 60.9 Å². The summed E-state index contributed by atoms with van der Waals surface area (Å²) in [5.41, 5.74) is 1.72. The Balaban J connectivity index is 2.02. The zero-order chi connectivity index (χ0) is 23.1. The molecule has 0 radical (unpaired) electrons. The molecule has 1 N–H and O–H groups in total. The zero-order valence-electron chi connectivity index (χ0n) is 18.1. The second-order valence-corrected chi connectivity index (χ2v) is 9.18. The Hall–Kier alpha value is -3.16. The first kappa shape index (κ1) is 23.5. The van der Waals surface area contributed by atoms with Gasteiger partial charge in [0.15, 0.2) is 0 Å². The molecule has 7 heteroatoms. The van der Waals surface area contributed by atoms with Gasteiger partial charge < -0.3 is 9.84 Å². The molecule has 0 aromatic heterocycles. The van der Waals surface area contributed by atoms with Crippen LogP contribution in [0.1, 0.15) is 47.8 Å². The van der Waals surface area contributed by atoms with E-state index in [-0.39, 0.29) is 17.0 Å². The molecule has 3 aromatic carbocycles. The van der Waals surface area contributed by atoms with Crippen LogP contribution in [0.25, 0.3) is 0 Å². The summed E-state index contributed by atoms with van der Waals surface area (Å²) in [5.74, 6) is -0.293. The van der Waals surface area contributed by atoms with Crippen molar-refractivity contribution in [3.05, 3.63) is 95.6 Å². The van der Waals surface area contributed by atoms with Crippen molar-refractivity contribution in [2.45, 2.75) is 37.8 Å². The molecule has 0 spiro atoms. The van der Waals surface area contributed by atoms with Gasteiger partial charge in [0.25, 0.3) is 0 Å². The Kier molecular flexibility index (Phi) is 7.66. The number of hydrogen-bond acceptors (Lipinski definition) is 4. The molecule has 1 unspecified atom stereocenters. The van der Waals surface area contributed by atoms with E-state index in [2.05, 4.69) is 0 Å². The molecular weight excluding hydrogens is 426 g/mol. The van der Waals surface area contributed by atoms with Crippen LogP contribution in [0.15, 0.2) is 83.8 Å². The minimum Gasteiger partial charge on any atom is -0.494 e. The van der Waals surface area contributed by atoms with Crippen LogP contribution in [0.3, 0.4) is 0 Å². The van der Waals surface area contributed by atoms with Crippen molar-refractivity contribution in [3.63, 3.8) is 0 Å². The quantitative estimate of drug-likeness (QED) is 0.460. The number of carbonyl (C=O) groups is 1. The number of rotatable bonds is 10. The lowest BCUT2D eigenvalue weighted by Gasteiger charge is -2.31. The van der Waals surface area contributed by atoms with E-state index in [1.807, 2.05) is 38.1 Å². The number of ether oxygens (including phenoxy) is 1. The molecule has 0 aliphatic rings. The molecule has 6 nitrogen and oxygen atoms in total. The molecule has 0 aliphatic heterocycles. The topological polar surface area (TPSA) is 83.9 Å². The lowest BCUT2D eigenvalue weighted by atomic mass is 10.0. The van der Waals surface area contributed by atoms with Crippen molar-refractivity contribution in [1.82, 2.24) is 4.31 Å². The van der Waals surface area contributed by atoms with Gasteiger partial charge in [0, 0.05) is 6.54 Å². The van der Waals surface area contributed by atoms with Crippen molar-refractivity contribution >= 4 is 16.0 Å². The number of hydrogen-bond donors (Lipinski definition) is 1. The smallest absolute Gasteiger partial charge is 0.335 e. The highest BCUT2D eigenvalue weighted by molar-refractivity contribution is 7.89. The Bertz CT molecular complexity index is 1130. The van der Waals surface area contributed by atoms with E-state index < -0.39 is 22.0 Å². The van der Waals surface area contributed by atoms with Crippen molar-refractivity contribution < 1.29 is 23.1 Å². The Labute approximate surface area is 189 Å². The van der Waals surface area contributed by atoms with Crippen LogP contribution in [0.4, 0.5) is 0 Å². The predicted molar refractivity (Wildman–Crippen MR) is 123 cm³/mol. The van der Waals surface area contributed by atoms with Crippen LogP contribution >= 0.6 is 0 Å². The third-order valence-corrected chi connectivity index (χ3v) is 7.07. The van der Waals surface area contributed by atoms with Crippen molar-refractivity contribution in [2.24, 2.45) is 0 Å². The van der Waals surface area contributed by atoms with E-state index in [0.717, 1.165) is 11.3 Å². The van der Waals surface area contributed by atoms with Gasteiger partial charge in [-0.25, -0.2) is 13.2 Å². The van der Waals surface area contributed by atoms with Crippen LogP contribution in [0.2, 0.25) is 0 Å². The third-order valence-electron chi connectivity index (χ3n) is 5.20. The molecular formula is C25H27NO5S. The minimum absolute atomic E-state index is 0.114. The van der Waals surface area contributed by atoms with Crippen LogP contribution in [0, 0.1) is 0 Å². The van der Waals surface area contributed by atoms with Crippen molar-refractivity contribution in [3.8, 4) is 5.75 Å². The molecule has 32 heavy (non-hydrogen) atoms. The minimum atomic E-state index is -3.82. The summed E-state index contributed by atoms with van der Waals surface area (Å²) in [5, 5.41) is 9.15. The number of nitrogens with zero attached hydrogens (tertiary/aromatic N) is 1. The molecule has 0 amide bonds. The summed E-state index contributed by atoms with van der Waals surface area (Å²) in [6, 6.07) is 21.7. The molecule has 0 aliphatic carbocycles. The maximum Gasteiger partial charge on any atom is 0.335 e. The average Bonchev–Trinajstić information content (AvgIpc) is 2.81. The molecule has 0 fully saturated rings. The Morgan fingerprint density at radius 3 is 2.09 bits per heavy atom. The SMILES string of the molecule is CCOc1ccc(C(CC)N(Cc2ccc(C(=O)O)cc2)S(=O)(=O)c2ccccc2)cc1. The fraction of sp³-hybridized carbons (Fsp3) is 0.240. The van der Waals surface area contributed by atoms with Gasteiger partial charge in [0.05, 0.1) is 23.1 Å². The molecule has 3 rings (SSSR count). The summed E-state index contributed by atoms with van der Waals surface area (Å²) in [4.78, 5) is 11.4. The van der Waals surface area contributed by atoms with Crippen LogP contribution in [0.5, 0.6) is 5.75 Å². The van der Waals surface area contributed by atoms with Gasteiger partial charge in [0.1, 0.15) is 5.75 Å². The first-order chi connectivity index (χ1) is 15.4. The number of sulfonamides is 1. The predicted octanol–water partition coefficient (Wildman–Crippen LogP) is 5.13. The van der Waals surface area contributed by atoms with Gasteiger partial charge in [-0.2, -0.15) is 4.31 Å². The lowest BCUT2D eigenvalue weighted by molar-refractivity contribution is 0.0697. The summed E-state index contributed by atoms with van der Waals surface area (Å²) in [6.07, 6.45) is 0.563. The van der Waals surface area contributed by atoms with Crippen LogP contribution in [-0.2, 0) is 16.6 Å². The number of benzene rings is 3. The summed E-state index contributed by atoms with van der Waals surface area (Å²) in [6.45, 7) is 4.52. The molecule has 0 saturated carbocycles. The molecule has 3 aromatic rings. The largest absolute Gasteiger partial charge is 0.494 e. The van der Waals surface area contributed by atoms with Gasteiger partial charge >= 0.3 is 5.97 Å². The van der Waals surface area contributed by atoms with Gasteiger partial charge in [-0.1, -0.05) is 49.4 Å². The van der Waals surface area contributed by atoms with E-state index in [4.69, 9.17) is 9.84 Å². The summed E-state index contributed by atoms with van der Waals surface area (Å²) < 4.78 is 34.3. The molecule has 0 heterocycles.